The number of para-hydroxylation sites is 1. The first-order valence-electron chi connectivity index (χ1n) is 5.47. The molecule has 1 aromatic rings. The van der Waals surface area contributed by atoms with Crippen molar-refractivity contribution in [3.05, 3.63) is 28.8 Å². The van der Waals surface area contributed by atoms with Crippen molar-refractivity contribution in [1.29, 1.82) is 0 Å². The van der Waals surface area contributed by atoms with Gasteiger partial charge in [-0.3, -0.25) is 4.79 Å². The zero-order valence-corrected chi connectivity index (χ0v) is 10.7. The zero-order chi connectivity index (χ0) is 13.5. The Kier molecular flexibility index (Phi) is 5.45. The van der Waals surface area contributed by atoms with Gasteiger partial charge in [0.25, 0.3) is 0 Å². The van der Waals surface area contributed by atoms with E-state index >= 15 is 0 Å². The Morgan fingerprint density at radius 2 is 2.17 bits per heavy atom. The highest BCUT2D eigenvalue weighted by atomic mass is 35.5. The minimum Gasteiger partial charge on any atom is -0.491 e. The molecular weight excluding hydrogens is 258 g/mol. The number of benzene rings is 1. The maximum atomic E-state index is 11.2. The Balaban J connectivity index is 2.67. The molecule has 0 aliphatic carbocycles. The number of ether oxygens (including phenoxy) is 1. The molecular formula is C12H14ClNO4. The fourth-order valence-electron chi connectivity index (χ4n) is 1.36. The normalized spacial score (nSPS) is 9.89. The van der Waals surface area contributed by atoms with E-state index in [1.54, 1.807) is 0 Å². The van der Waals surface area contributed by atoms with Gasteiger partial charge in [-0.1, -0.05) is 17.7 Å². The fraction of sp³-hybridized carbons (Fsp3) is 0.333. The molecule has 18 heavy (non-hydrogen) atoms. The SMILES string of the molecule is CCNC(=O)CCOc1c(Cl)cccc1C(=O)O. The number of nitrogens with one attached hydrogen (secondary N) is 1. The van der Waals surface area contributed by atoms with Crippen LogP contribution < -0.4 is 10.1 Å². The van der Waals surface area contributed by atoms with E-state index in [0.29, 0.717) is 6.54 Å². The lowest BCUT2D eigenvalue weighted by Crippen LogP contribution is -2.24. The summed E-state index contributed by atoms with van der Waals surface area (Å²) in [5.74, 6) is -1.18. The van der Waals surface area contributed by atoms with Crippen LogP contribution >= 0.6 is 11.6 Å². The van der Waals surface area contributed by atoms with E-state index in [-0.39, 0.29) is 35.3 Å². The summed E-state index contributed by atoms with van der Waals surface area (Å²) in [5, 5.41) is 11.8. The van der Waals surface area contributed by atoms with Gasteiger partial charge in [-0.15, -0.1) is 0 Å². The number of carbonyl (C=O) groups is 2. The first-order valence-corrected chi connectivity index (χ1v) is 5.85. The summed E-state index contributed by atoms with van der Waals surface area (Å²) in [6.07, 6.45) is 0.151. The lowest BCUT2D eigenvalue weighted by Gasteiger charge is -2.10. The van der Waals surface area contributed by atoms with Crippen LogP contribution in [-0.4, -0.2) is 30.1 Å². The number of hydrogen-bond donors (Lipinski definition) is 2. The van der Waals surface area contributed by atoms with Crippen molar-refractivity contribution < 1.29 is 19.4 Å². The van der Waals surface area contributed by atoms with Crippen molar-refractivity contribution in [2.75, 3.05) is 13.2 Å². The Labute approximate surface area is 110 Å². The molecule has 0 fully saturated rings. The highest BCUT2D eigenvalue weighted by molar-refractivity contribution is 6.32. The van der Waals surface area contributed by atoms with Gasteiger partial charge in [-0.2, -0.15) is 0 Å². The molecule has 0 spiro atoms. The van der Waals surface area contributed by atoms with Gasteiger partial charge in [-0.05, 0) is 19.1 Å². The van der Waals surface area contributed by atoms with Gasteiger partial charge < -0.3 is 15.2 Å². The Morgan fingerprint density at radius 1 is 1.44 bits per heavy atom. The maximum Gasteiger partial charge on any atom is 0.339 e. The van der Waals surface area contributed by atoms with E-state index in [9.17, 15) is 9.59 Å². The number of amides is 1. The molecule has 98 valence electrons. The van der Waals surface area contributed by atoms with Crippen molar-refractivity contribution in [1.82, 2.24) is 5.32 Å². The van der Waals surface area contributed by atoms with E-state index < -0.39 is 5.97 Å². The molecule has 0 heterocycles. The molecule has 0 aliphatic rings. The summed E-state index contributed by atoms with van der Waals surface area (Å²) in [4.78, 5) is 22.2. The number of hydrogen-bond acceptors (Lipinski definition) is 3. The van der Waals surface area contributed by atoms with Gasteiger partial charge in [-0.25, -0.2) is 4.79 Å². The Hall–Kier alpha value is -1.75. The summed E-state index contributed by atoms with van der Waals surface area (Å²) in [6, 6.07) is 4.47. The number of carbonyl (C=O) groups excluding carboxylic acids is 1. The number of aromatic carboxylic acids is 1. The predicted octanol–water partition coefficient (Wildman–Crippen LogP) is 1.94. The lowest BCUT2D eigenvalue weighted by atomic mass is 10.2. The molecule has 1 aromatic carbocycles. The summed E-state index contributed by atoms with van der Waals surface area (Å²) in [6.45, 7) is 2.44. The second-order valence-corrected chi connectivity index (χ2v) is 3.88. The third-order valence-corrected chi connectivity index (χ3v) is 2.44. The van der Waals surface area contributed by atoms with Crippen LogP contribution in [0.5, 0.6) is 5.75 Å². The molecule has 1 amide bonds. The summed E-state index contributed by atoms with van der Waals surface area (Å²) < 4.78 is 5.27. The molecule has 6 heteroatoms. The first kappa shape index (κ1) is 14.3. The smallest absolute Gasteiger partial charge is 0.339 e. The van der Waals surface area contributed by atoms with E-state index in [2.05, 4.69) is 5.32 Å². The molecule has 0 aliphatic heterocycles. The highest BCUT2D eigenvalue weighted by Gasteiger charge is 2.14. The second kappa shape index (κ2) is 6.86. The first-order chi connectivity index (χ1) is 8.56. The third-order valence-electron chi connectivity index (χ3n) is 2.15. The molecule has 2 N–H and O–H groups in total. The van der Waals surface area contributed by atoms with Gasteiger partial charge >= 0.3 is 5.97 Å². The Morgan fingerprint density at radius 3 is 2.78 bits per heavy atom. The van der Waals surface area contributed by atoms with Crippen LogP contribution in [0, 0.1) is 0 Å². The number of carboxylic acids is 1. The molecule has 0 atom stereocenters. The predicted molar refractivity (Wildman–Crippen MR) is 67.2 cm³/mol. The summed E-state index contributed by atoms with van der Waals surface area (Å²) >= 11 is 5.86. The van der Waals surface area contributed by atoms with E-state index in [1.165, 1.54) is 18.2 Å². The molecule has 0 aromatic heterocycles. The van der Waals surface area contributed by atoms with E-state index in [1.807, 2.05) is 6.92 Å². The topological polar surface area (TPSA) is 75.6 Å². The Bertz CT molecular complexity index is 448. The molecule has 5 nitrogen and oxygen atoms in total. The minimum absolute atomic E-state index is 0.0154. The van der Waals surface area contributed by atoms with Crippen LogP contribution in [0.3, 0.4) is 0 Å². The monoisotopic (exact) mass is 271 g/mol. The largest absolute Gasteiger partial charge is 0.491 e. The van der Waals surface area contributed by atoms with Crippen LogP contribution in [0.1, 0.15) is 23.7 Å². The van der Waals surface area contributed by atoms with Crippen molar-refractivity contribution in [2.24, 2.45) is 0 Å². The van der Waals surface area contributed by atoms with Gasteiger partial charge in [0.15, 0.2) is 5.75 Å². The lowest BCUT2D eigenvalue weighted by molar-refractivity contribution is -0.121. The molecule has 0 radical (unpaired) electrons. The van der Waals surface area contributed by atoms with E-state index in [0.717, 1.165) is 0 Å². The van der Waals surface area contributed by atoms with Crippen LogP contribution in [0.2, 0.25) is 5.02 Å². The van der Waals surface area contributed by atoms with Crippen LogP contribution in [0.15, 0.2) is 18.2 Å². The number of rotatable bonds is 6. The van der Waals surface area contributed by atoms with Gasteiger partial charge in [0.05, 0.1) is 18.1 Å². The average molecular weight is 272 g/mol. The van der Waals surface area contributed by atoms with Crippen molar-refractivity contribution in [2.45, 2.75) is 13.3 Å². The maximum absolute atomic E-state index is 11.2. The van der Waals surface area contributed by atoms with Gasteiger partial charge in [0, 0.05) is 6.54 Å². The van der Waals surface area contributed by atoms with Crippen LogP contribution in [0.4, 0.5) is 0 Å². The quantitative estimate of drug-likeness (QED) is 0.829. The standard InChI is InChI=1S/C12H14ClNO4/c1-2-14-10(15)6-7-18-11-8(12(16)17)4-3-5-9(11)13/h3-5H,2,6-7H2,1H3,(H,14,15)(H,16,17). The summed E-state index contributed by atoms with van der Waals surface area (Å²) in [5.41, 5.74) is -0.0154. The third kappa shape index (κ3) is 3.92. The molecule has 0 saturated carbocycles. The molecule has 0 unspecified atom stereocenters. The van der Waals surface area contributed by atoms with E-state index in [4.69, 9.17) is 21.4 Å². The minimum atomic E-state index is -1.12. The highest BCUT2D eigenvalue weighted by Crippen LogP contribution is 2.28. The van der Waals surface area contributed by atoms with Crippen molar-refractivity contribution in [3.63, 3.8) is 0 Å². The van der Waals surface area contributed by atoms with Crippen LogP contribution in [0.25, 0.3) is 0 Å². The number of carboxylic acid groups (broad SMARTS) is 1. The fourth-order valence-corrected chi connectivity index (χ4v) is 1.58. The van der Waals surface area contributed by atoms with Crippen molar-refractivity contribution >= 4 is 23.5 Å². The second-order valence-electron chi connectivity index (χ2n) is 3.47. The van der Waals surface area contributed by atoms with Crippen molar-refractivity contribution in [3.8, 4) is 5.75 Å². The van der Waals surface area contributed by atoms with Crippen LogP contribution in [-0.2, 0) is 4.79 Å². The average Bonchev–Trinajstić information content (AvgIpc) is 2.31. The molecule has 0 bridgehead atoms. The summed E-state index contributed by atoms with van der Waals surface area (Å²) in [7, 11) is 0. The molecule has 0 saturated heterocycles. The zero-order valence-electron chi connectivity index (χ0n) is 9.90. The number of halogens is 1. The molecule has 1 rings (SSSR count). The van der Waals surface area contributed by atoms with Gasteiger partial charge in [0.1, 0.15) is 5.56 Å². The van der Waals surface area contributed by atoms with Gasteiger partial charge in [0.2, 0.25) is 5.91 Å².